The molecule has 27 heavy (non-hydrogen) atoms. The van der Waals surface area contributed by atoms with Crippen molar-refractivity contribution in [2.24, 2.45) is 5.92 Å². The van der Waals surface area contributed by atoms with Gasteiger partial charge in [0.1, 0.15) is 5.75 Å². The van der Waals surface area contributed by atoms with E-state index in [0.29, 0.717) is 23.9 Å². The van der Waals surface area contributed by atoms with Crippen LogP contribution < -0.4 is 20.3 Å². The molecule has 0 unspecified atom stereocenters. The third-order valence-corrected chi connectivity index (χ3v) is 4.98. The Kier molecular flexibility index (Phi) is 6.54. The Bertz CT molecular complexity index is 741. The first-order valence-electron chi connectivity index (χ1n) is 9.32. The number of benzene rings is 2. The van der Waals surface area contributed by atoms with Gasteiger partial charge in [0.25, 0.3) is 0 Å². The molecule has 0 saturated carbocycles. The summed E-state index contributed by atoms with van der Waals surface area (Å²) in [6.07, 6.45) is 2.06. The summed E-state index contributed by atoms with van der Waals surface area (Å²) in [7, 11) is 1.58. The van der Waals surface area contributed by atoms with Gasteiger partial charge in [-0.05, 0) is 48.6 Å². The minimum absolute atomic E-state index is 0.269. The molecular formula is C21H27N3O3. The van der Waals surface area contributed by atoms with Crippen LogP contribution in [0.3, 0.4) is 0 Å². The summed E-state index contributed by atoms with van der Waals surface area (Å²) in [6, 6.07) is 15.3. The zero-order chi connectivity index (χ0) is 19.1. The molecule has 1 aliphatic heterocycles. The Morgan fingerprint density at radius 3 is 2.52 bits per heavy atom. The number of hydrogen-bond acceptors (Lipinski definition) is 4. The molecule has 0 radical (unpaired) electrons. The van der Waals surface area contributed by atoms with Gasteiger partial charge in [-0.2, -0.15) is 0 Å². The van der Waals surface area contributed by atoms with Gasteiger partial charge in [0, 0.05) is 31.9 Å². The average molecular weight is 369 g/mol. The maximum Gasteiger partial charge on any atom is 0.319 e. The van der Waals surface area contributed by atoms with Gasteiger partial charge in [-0.3, -0.25) is 0 Å². The van der Waals surface area contributed by atoms with Crippen molar-refractivity contribution in [1.82, 2.24) is 5.32 Å². The molecule has 1 fully saturated rings. The molecule has 2 amide bonds. The van der Waals surface area contributed by atoms with Gasteiger partial charge in [-0.1, -0.05) is 24.3 Å². The zero-order valence-electron chi connectivity index (χ0n) is 15.6. The summed E-state index contributed by atoms with van der Waals surface area (Å²) in [5.41, 5.74) is 2.87. The van der Waals surface area contributed by atoms with Crippen LogP contribution in [0.15, 0.2) is 48.5 Å². The van der Waals surface area contributed by atoms with E-state index in [9.17, 15) is 9.90 Å². The number of nitrogens with one attached hydrogen (secondary N) is 2. The van der Waals surface area contributed by atoms with E-state index in [0.717, 1.165) is 31.5 Å². The predicted molar refractivity (Wildman–Crippen MR) is 107 cm³/mol. The normalized spacial score (nSPS) is 14.7. The van der Waals surface area contributed by atoms with Crippen LogP contribution in [0.1, 0.15) is 18.4 Å². The van der Waals surface area contributed by atoms with Crippen LogP contribution in [0.4, 0.5) is 16.2 Å². The van der Waals surface area contributed by atoms with E-state index in [4.69, 9.17) is 4.74 Å². The van der Waals surface area contributed by atoms with Crippen molar-refractivity contribution in [1.29, 1.82) is 0 Å². The number of hydrogen-bond donors (Lipinski definition) is 3. The van der Waals surface area contributed by atoms with E-state index >= 15 is 0 Å². The van der Waals surface area contributed by atoms with Crippen LogP contribution in [0.5, 0.6) is 5.75 Å². The maximum absolute atomic E-state index is 12.1. The van der Waals surface area contributed by atoms with Crippen molar-refractivity contribution in [3.05, 3.63) is 54.1 Å². The van der Waals surface area contributed by atoms with E-state index in [1.54, 1.807) is 19.2 Å². The summed E-state index contributed by atoms with van der Waals surface area (Å²) in [5, 5.41) is 14.9. The van der Waals surface area contributed by atoms with Gasteiger partial charge in [-0.15, -0.1) is 0 Å². The number of carbonyl (C=O) groups excluding carboxylic acids is 1. The second kappa shape index (κ2) is 9.28. The van der Waals surface area contributed by atoms with Crippen LogP contribution >= 0.6 is 0 Å². The number of para-hydroxylation sites is 2. The first-order valence-corrected chi connectivity index (χ1v) is 9.32. The first-order chi connectivity index (χ1) is 13.2. The molecule has 3 N–H and O–H groups in total. The Balaban J connectivity index is 1.49. The maximum atomic E-state index is 12.1. The lowest BCUT2D eigenvalue weighted by Crippen LogP contribution is -2.34. The minimum Gasteiger partial charge on any atom is -0.495 e. The average Bonchev–Trinajstić information content (AvgIpc) is 2.73. The molecule has 1 saturated heterocycles. The molecule has 2 aromatic carbocycles. The van der Waals surface area contributed by atoms with Gasteiger partial charge in [0.05, 0.1) is 12.8 Å². The quantitative estimate of drug-likeness (QED) is 0.731. The first kappa shape index (κ1) is 19.0. The summed E-state index contributed by atoms with van der Waals surface area (Å²) >= 11 is 0. The fourth-order valence-corrected chi connectivity index (χ4v) is 3.30. The van der Waals surface area contributed by atoms with Crippen molar-refractivity contribution in [2.75, 3.05) is 37.0 Å². The standard InChI is InChI=1S/C21H27N3O3/c1-27-20-5-3-2-4-19(20)23-21(26)22-14-16-6-8-18(9-7-16)24-12-10-17(15-25)11-13-24/h2-9,17,25H,10-15H2,1H3,(H2,22,23,26). The van der Waals surface area contributed by atoms with Crippen molar-refractivity contribution in [3.8, 4) is 5.75 Å². The number of nitrogens with zero attached hydrogens (tertiary/aromatic N) is 1. The number of aliphatic hydroxyl groups excluding tert-OH is 1. The molecule has 6 heteroatoms. The lowest BCUT2D eigenvalue weighted by Gasteiger charge is -2.33. The molecule has 144 valence electrons. The fourth-order valence-electron chi connectivity index (χ4n) is 3.30. The highest BCUT2D eigenvalue weighted by atomic mass is 16.5. The topological polar surface area (TPSA) is 73.8 Å². The lowest BCUT2D eigenvalue weighted by molar-refractivity contribution is 0.203. The van der Waals surface area contributed by atoms with Crippen LogP contribution in [-0.4, -0.2) is 37.9 Å². The molecule has 2 aromatic rings. The number of urea groups is 1. The molecular weight excluding hydrogens is 342 g/mol. The number of ether oxygens (including phenoxy) is 1. The van der Waals surface area contributed by atoms with Crippen molar-refractivity contribution in [3.63, 3.8) is 0 Å². The molecule has 3 rings (SSSR count). The van der Waals surface area contributed by atoms with E-state index in [2.05, 4.69) is 27.7 Å². The van der Waals surface area contributed by atoms with E-state index in [1.807, 2.05) is 24.3 Å². The number of rotatable bonds is 6. The van der Waals surface area contributed by atoms with Crippen LogP contribution in [0.2, 0.25) is 0 Å². The van der Waals surface area contributed by atoms with Crippen molar-refractivity contribution in [2.45, 2.75) is 19.4 Å². The summed E-state index contributed by atoms with van der Waals surface area (Å²) in [6.45, 7) is 2.69. The predicted octanol–water partition coefficient (Wildman–Crippen LogP) is 3.23. The summed E-state index contributed by atoms with van der Waals surface area (Å²) in [5.74, 6) is 1.06. The lowest BCUT2D eigenvalue weighted by atomic mass is 9.97. The smallest absolute Gasteiger partial charge is 0.319 e. The third-order valence-electron chi connectivity index (χ3n) is 4.98. The second-order valence-corrected chi connectivity index (χ2v) is 6.79. The molecule has 0 atom stereocenters. The highest BCUT2D eigenvalue weighted by Crippen LogP contribution is 2.24. The minimum atomic E-state index is -0.269. The van der Waals surface area contributed by atoms with Gasteiger partial charge in [0.2, 0.25) is 0 Å². The molecule has 0 spiro atoms. The Hall–Kier alpha value is -2.73. The molecule has 1 aliphatic rings. The molecule has 1 heterocycles. The van der Waals surface area contributed by atoms with E-state index in [-0.39, 0.29) is 12.6 Å². The number of anilines is 2. The number of methoxy groups -OCH3 is 1. The zero-order valence-corrected chi connectivity index (χ0v) is 15.6. The summed E-state index contributed by atoms with van der Waals surface area (Å²) in [4.78, 5) is 14.5. The Labute approximate surface area is 160 Å². The monoisotopic (exact) mass is 369 g/mol. The number of piperidine rings is 1. The van der Waals surface area contributed by atoms with Crippen molar-refractivity contribution < 1.29 is 14.6 Å². The van der Waals surface area contributed by atoms with Crippen LogP contribution in [0.25, 0.3) is 0 Å². The number of amides is 2. The molecule has 0 bridgehead atoms. The van der Waals surface area contributed by atoms with Gasteiger partial charge in [-0.25, -0.2) is 4.79 Å². The second-order valence-electron chi connectivity index (χ2n) is 6.79. The SMILES string of the molecule is COc1ccccc1NC(=O)NCc1ccc(N2CCC(CO)CC2)cc1. The van der Waals surface area contributed by atoms with Crippen LogP contribution in [-0.2, 0) is 6.54 Å². The third kappa shape index (κ3) is 5.14. The Morgan fingerprint density at radius 2 is 1.85 bits per heavy atom. The molecule has 0 aromatic heterocycles. The number of aliphatic hydroxyl groups is 1. The van der Waals surface area contributed by atoms with Crippen LogP contribution in [0, 0.1) is 5.92 Å². The Morgan fingerprint density at radius 1 is 1.15 bits per heavy atom. The molecule has 0 aliphatic carbocycles. The van der Waals surface area contributed by atoms with Gasteiger partial charge < -0.3 is 25.4 Å². The fraction of sp³-hybridized carbons (Fsp3) is 0.381. The van der Waals surface area contributed by atoms with E-state index < -0.39 is 0 Å². The largest absolute Gasteiger partial charge is 0.495 e. The van der Waals surface area contributed by atoms with E-state index in [1.165, 1.54) is 5.69 Å². The highest BCUT2D eigenvalue weighted by Gasteiger charge is 2.18. The van der Waals surface area contributed by atoms with Crippen molar-refractivity contribution >= 4 is 17.4 Å². The number of carbonyl (C=O) groups is 1. The highest BCUT2D eigenvalue weighted by molar-refractivity contribution is 5.90. The molecule has 6 nitrogen and oxygen atoms in total. The van der Waals surface area contributed by atoms with Gasteiger partial charge >= 0.3 is 6.03 Å². The van der Waals surface area contributed by atoms with Gasteiger partial charge in [0.15, 0.2) is 0 Å². The summed E-state index contributed by atoms with van der Waals surface area (Å²) < 4.78 is 5.23.